The molecule has 0 spiro atoms. The van der Waals surface area contributed by atoms with Gasteiger partial charge >= 0.3 is 0 Å². The second-order valence-corrected chi connectivity index (χ2v) is 5.29. The molecule has 5 heteroatoms. The Balaban J connectivity index is 1.90. The van der Waals surface area contributed by atoms with E-state index in [1.54, 1.807) is 18.0 Å². The summed E-state index contributed by atoms with van der Waals surface area (Å²) in [5.74, 6) is 1.67. The Kier molecular flexibility index (Phi) is 3.21. The highest BCUT2D eigenvalue weighted by atomic mass is 32.2. The largest absolute Gasteiger partial charge is 0.361 e. The van der Waals surface area contributed by atoms with E-state index in [1.165, 1.54) is 0 Å². The van der Waals surface area contributed by atoms with Crippen molar-refractivity contribution < 1.29 is 4.52 Å². The van der Waals surface area contributed by atoms with Crippen molar-refractivity contribution in [2.24, 2.45) is 0 Å². The van der Waals surface area contributed by atoms with Crippen LogP contribution in [0.4, 0.5) is 0 Å². The predicted octanol–water partition coefficient (Wildman–Crippen LogP) is 3.53. The van der Waals surface area contributed by atoms with Crippen LogP contribution in [0.5, 0.6) is 0 Å². The molecule has 0 saturated carbocycles. The van der Waals surface area contributed by atoms with Gasteiger partial charge in [-0.05, 0) is 13.8 Å². The summed E-state index contributed by atoms with van der Waals surface area (Å²) in [5.41, 5.74) is 2.08. The fourth-order valence-electron chi connectivity index (χ4n) is 1.96. The Bertz CT molecular complexity index is 699. The molecule has 0 fully saturated rings. The first-order valence-electron chi connectivity index (χ1n) is 6.00. The van der Waals surface area contributed by atoms with Crippen LogP contribution in [0, 0.1) is 13.8 Å². The molecule has 0 atom stereocenters. The zero-order valence-corrected chi connectivity index (χ0v) is 11.6. The van der Waals surface area contributed by atoms with Crippen molar-refractivity contribution in [2.75, 3.05) is 0 Å². The summed E-state index contributed by atoms with van der Waals surface area (Å²) < 4.78 is 5.17. The van der Waals surface area contributed by atoms with E-state index in [0.29, 0.717) is 0 Å². The molecule has 2 heterocycles. The first kappa shape index (κ1) is 12.2. The first-order valence-corrected chi connectivity index (χ1v) is 6.99. The minimum Gasteiger partial charge on any atom is -0.361 e. The maximum absolute atomic E-state index is 5.17. The maximum atomic E-state index is 5.17. The van der Waals surface area contributed by atoms with Crippen LogP contribution in [0.25, 0.3) is 10.8 Å². The third-order valence-electron chi connectivity index (χ3n) is 3.07. The number of hydrogen-bond donors (Lipinski definition) is 0. The minimum absolute atomic E-state index is 0.795. The monoisotopic (exact) mass is 271 g/mol. The summed E-state index contributed by atoms with van der Waals surface area (Å²) in [5, 5.41) is 15.4. The molecule has 0 aliphatic carbocycles. The minimum atomic E-state index is 0.795. The lowest BCUT2D eigenvalue weighted by Gasteiger charge is -2.03. The molecule has 0 amide bonds. The van der Waals surface area contributed by atoms with Crippen LogP contribution in [0.1, 0.15) is 17.0 Å². The molecule has 0 N–H and O–H groups in total. The van der Waals surface area contributed by atoms with Gasteiger partial charge in [0.15, 0.2) is 0 Å². The molecule has 3 aromatic rings. The highest BCUT2D eigenvalue weighted by Crippen LogP contribution is 2.29. The summed E-state index contributed by atoms with van der Waals surface area (Å²) in [4.78, 5) is 0. The van der Waals surface area contributed by atoms with E-state index < -0.39 is 0 Å². The van der Waals surface area contributed by atoms with Gasteiger partial charge in [0.1, 0.15) is 10.8 Å². The lowest BCUT2D eigenvalue weighted by atomic mass is 10.2. The van der Waals surface area contributed by atoms with Gasteiger partial charge in [0, 0.05) is 22.1 Å². The van der Waals surface area contributed by atoms with Gasteiger partial charge in [-0.2, -0.15) is 5.10 Å². The third-order valence-corrected chi connectivity index (χ3v) is 4.08. The van der Waals surface area contributed by atoms with Gasteiger partial charge in [0.2, 0.25) is 0 Å². The Morgan fingerprint density at radius 3 is 2.84 bits per heavy atom. The molecule has 19 heavy (non-hydrogen) atoms. The van der Waals surface area contributed by atoms with Crippen molar-refractivity contribution in [3.05, 3.63) is 47.5 Å². The normalized spacial score (nSPS) is 11.1. The van der Waals surface area contributed by atoms with E-state index in [1.807, 2.05) is 32.0 Å². The number of fused-ring (bicyclic) bond motifs is 1. The van der Waals surface area contributed by atoms with Crippen LogP contribution in [-0.4, -0.2) is 15.4 Å². The lowest BCUT2D eigenvalue weighted by molar-refractivity contribution is 0.392. The molecule has 4 nitrogen and oxygen atoms in total. The molecular formula is C14H13N3OS. The van der Waals surface area contributed by atoms with Gasteiger partial charge in [-0.3, -0.25) is 0 Å². The number of benzene rings is 1. The molecule has 0 saturated heterocycles. The number of aryl methyl sites for hydroxylation is 2. The summed E-state index contributed by atoms with van der Waals surface area (Å²) in [7, 11) is 0. The highest BCUT2D eigenvalue weighted by molar-refractivity contribution is 7.98. The smallest absolute Gasteiger partial charge is 0.137 e. The van der Waals surface area contributed by atoms with E-state index >= 15 is 0 Å². The van der Waals surface area contributed by atoms with Crippen molar-refractivity contribution in [1.29, 1.82) is 0 Å². The summed E-state index contributed by atoms with van der Waals surface area (Å²) in [6, 6.07) is 8.14. The molecular weight excluding hydrogens is 258 g/mol. The average Bonchev–Trinajstić information content (AvgIpc) is 2.76. The van der Waals surface area contributed by atoms with E-state index in [-0.39, 0.29) is 0 Å². The predicted molar refractivity (Wildman–Crippen MR) is 75.1 cm³/mol. The first-order chi connectivity index (χ1) is 9.25. The summed E-state index contributed by atoms with van der Waals surface area (Å²) in [6.45, 7) is 3.89. The van der Waals surface area contributed by atoms with Gasteiger partial charge in [-0.25, -0.2) is 0 Å². The fraction of sp³-hybridized carbons (Fsp3) is 0.214. The molecule has 0 radical (unpaired) electrons. The molecule has 0 aliphatic rings. The zero-order chi connectivity index (χ0) is 13.2. The molecule has 96 valence electrons. The summed E-state index contributed by atoms with van der Waals surface area (Å²) >= 11 is 1.66. The van der Waals surface area contributed by atoms with Crippen LogP contribution in [-0.2, 0) is 5.75 Å². The Labute approximate surface area is 115 Å². The number of rotatable bonds is 3. The standard InChI is InChI=1S/C14H13N3OS/c1-9-13(10(2)18-17-9)8-19-14-12-6-4-3-5-11(12)7-15-16-14/h3-7H,8H2,1-2H3. The van der Waals surface area contributed by atoms with Gasteiger partial charge in [0.05, 0.1) is 11.9 Å². The maximum Gasteiger partial charge on any atom is 0.137 e. The number of nitrogens with zero attached hydrogens (tertiary/aromatic N) is 3. The second kappa shape index (κ2) is 5.01. The van der Waals surface area contributed by atoms with E-state index in [9.17, 15) is 0 Å². The lowest BCUT2D eigenvalue weighted by Crippen LogP contribution is -1.90. The van der Waals surface area contributed by atoms with Crippen molar-refractivity contribution in [3.63, 3.8) is 0 Å². The van der Waals surface area contributed by atoms with Crippen molar-refractivity contribution >= 4 is 22.5 Å². The van der Waals surface area contributed by atoms with E-state index in [0.717, 1.165) is 38.6 Å². The molecule has 2 aromatic heterocycles. The number of aromatic nitrogens is 3. The van der Waals surface area contributed by atoms with Crippen LogP contribution >= 0.6 is 11.8 Å². The van der Waals surface area contributed by atoms with Crippen LogP contribution in [0.2, 0.25) is 0 Å². The van der Waals surface area contributed by atoms with E-state index in [2.05, 4.69) is 21.4 Å². The average molecular weight is 271 g/mol. The van der Waals surface area contributed by atoms with Crippen LogP contribution < -0.4 is 0 Å². The van der Waals surface area contributed by atoms with Crippen molar-refractivity contribution in [2.45, 2.75) is 24.6 Å². The second-order valence-electron chi connectivity index (χ2n) is 4.33. The van der Waals surface area contributed by atoms with Gasteiger partial charge in [-0.15, -0.1) is 5.10 Å². The molecule has 0 bridgehead atoms. The Hall–Kier alpha value is -1.88. The number of thioether (sulfide) groups is 1. The van der Waals surface area contributed by atoms with Gasteiger partial charge < -0.3 is 4.52 Å². The van der Waals surface area contributed by atoms with E-state index in [4.69, 9.17) is 4.52 Å². The van der Waals surface area contributed by atoms with Crippen molar-refractivity contribution in [3.8, 4) is 0 Å². The highest BCUT2D eigenvalue weighted by Gasteiger charge is 2.11. The zero-order valence-electron chi connectivity index (χ0n) is 10.8. The van der Waals surface area contributed by atoms with Crippen LogP contribution in [0.3, 0.4) is 0 Å². The van der Waals surface area contributed by atoms with Gasteiger partial charge in [-0.1, -0.05) is 41.2 Å². The SMILES string of the molecule is Cc1noc(C)c1CSc1nncc2ccccc12. The fourth-order valence-corrected chi connectivity index (χ4v) is 3.10. The Morgan fingerprint density at radius 1 is 1.21 bits per heavy atom. The van der Waals surface area contributed by atoms with Gasteiger partial charge in [0.25, 0.3) is 0 Å². The molecule has 0 aliphatic heterocycles. The topological polar surface area (TPSA) is 51.8 Å². The molecule has 3 rings (SSSR count). The summed E-state index contributed by atoms with van der Waals surface area (Å²) in [6.07, 6.45) is 1.79. The van der Waals surface area contributed by atoms with Crippen molar-refractivity contribution in [1.82, 2.24) is 15.4 Å². The number of hydrogen-bond acceptors (Lipinski definition) is 5. The Morgan fingerprint density at radius 2 is 2.05 bits per heavy atom. The molecule has 1 aromatic carbocycles. The molecule has 0 unspecified atom stereocenters. The quantitative estimate of drug-likeness (QED) is 0.682. The third kappa shape index (κ3) is 2.33. The van der Waals surface area contributed by atoms with Crippen LogP contribution in [0.15, 0.2) is 40.0 Å².